The maximum absolute atomic E-state index is 13.1. The molecule has 1 unspecified atom stereocenters. The van der Waals surface area contributed by atoms with Crippen LogP contribution in [-0.2, 0) is 16.1 Å². The Morgan fingerprint density at radius 2 is 1.85 bits per heavy atom. The largest absolute Gasteiger partial charge is 0.469 e. The van der Waals surface area contributed by atoms with Gasteiger partial charge in [-0.25, -0.2) is 4.39 Å². The highest BCUT2D eigenvalue weighted by Crippen LogP contribution is 2.29. The van der Waals surface area contributed by atoms with Crippen molar-refractivity contribution in [1.29, 1.82) is 0 Å². The van der Waals surface area contributed by atoms with E-state index in [1.807, 2.05) is 35.2 Å². The molecule has 0 radical (unpaired) electrons. The van der Waals surface area contributed by atoms with E-state index in [1.165, 1.54) is 31.4 Å². The molecule has 1 aliphatic heterocycles. The lowest BCUT2D eigenvalue weighted by Crippen LogP contribution is -2.23. The molecule has 1 atom stereocenters. The molecule has 5 heteroatoms. The highest BCUT2D eigenvalue weighted by atomic mass is 19.1. The van der Waals surface area contributed by atoms with E-state index in [0.29, 0.717) is 25.1 Å². The van der Waals surface area contributed by atoms with Gasteiger partial charge in [0.05, 0.1) is 13.0 Å². The van der Waals surface area contributed by atoms with Crippen LogP contribution in [-0.4, -0.2) is 30.3 Å². The summed E-state index contributed by atoms with van der Waals surface area (Å²) in [5.41, 5.74) is 2.30. The SMILES string of the molecule is COC(=O)C1C/C(=C/C(=O)c2ccc(F)cc2)N(Cc2ccccc2)C1. The number of hydrogen-bond acceptors (Lipinski definition) is 4. The van der Waals surface area contributed by atoms with E-state index in [0.717, 1.165) is 11.3 Å². The Hall–Kier alpha value is -2.95. The molecule has 134 valence electrons. The van der Waals surface area contributed by atoms with Crippen molar-refractivity contribution in [2.24, 2.45) is 5.92 Å². The average Bonchev–Trinajstić information content (AvgIpc) is 3.04. The van der Waals surface area contributed by atoms with Crippen LogP contribution in [0.5, 0.6) is 0 Å². The van der Waals surface area contributed by atoms with Crippen LogP contribution in [0.3, 0.4) is 0 Å². The number of benzene rings is 2. The summed E-state index contributed by atoms with van der Waals surface area (Å²) in [6, 6.07) is 15.3. The molecule has 0 N–H and O–H groups in total. The van der Waals surface area contributed by atoms with Crippen molar-refractivity contribution in [2.75, 3.05) is 13.7 Å². The fourth-order valence-electron chi connectivity index (χ4n) is 3.12. The van der Waals surface area contributed by atoms with Gasteiger partial charge < -0.3 is 9.64 Å². The second kappa shape index (κ2) is 7.95. The topological polar surface area (TPSA) is 46.6 Å². The normalized spacial score (nSPS) is 18.2. The molecule has 0 amide bonds. The Morgan fingerprint density at radius 3 is 2.50 bits per heavy atom. The number of ketones is 1. The molecule has 2 aromatic rings. The lowest BCUT2D eigenvalue weighted by molar-refractivity contribution is -0.144. The quantitative estimate of drug-likeness (QED) is 0.468. The maximum atomic E-state index is 13.1. The van der Waals surface area contributed by atoms with Crippen molar-refractivity contribution < 1.29 is 18.7 Å². The van der Waals surface area contributed by atoms with E-state index in [-0.39, 0.29) is 23.5 Å². The predicted octanol–water partition coefficient (Wildman–Crippen LogP) is 3.59. The Morgan fingerprint density at radius 1 is 1.15 bits per heavy atom. The average molecular weight is 353 g/mol. The Kier molecular flexibility index (Phi) is 5.46. The molecule has 2 aromatic carbocycles. The molecule has 1 heterocycles. The standard InChI is InChI=1S/C21H20FNO3/c1-26-21(25)17-11-19(12-20(24)16-7-9-18(22)10-8-16)23(14-17)13-15-5-3-2-4-6-15/h2-10,12,17H,11,13-14H2,1H3/b19-12-. The second-order valence-electron chi connectivity index (χ2n) is 6.30. The first-order chi connectivity index (χ1) is 12.6. The number of nitrogens with zero attached hydrogens (tertiary/aromatic N) is 1. The van der Waals surface area contributed by atoms with Crippen LogP contribution in [0.1, 0.15) is 22.3 Å². The van der Waals surface area contributed by atoms with E-state index < -0.39 is 0 Å². The predicted molar refractivity (Wildman–Crippen MR) is 95.8 cm³/mol. The fourth-order valence-corrected chi connectivity index (χ4v) is 3.12. The van der Waals surface area contributed by atoms with Gasteiger partial charge in [-0.05, 0) is 29.8 Å². The van der Waals surface area contributed by atoms with Crippen molar-refractivity contribution in [3.63, 3.8) is 0 Å². The molecule has 0 bridgehead atoms. The van der Waals surface area contributed by atoms with Crippen LogP contribution >= 0.6 is 0 Å². The summed E-state index contributed by atoms with van der Waals surface area (Å²) < 4.78 is 17.9. The van der Waals surface area contributed by atoms with Crippen molar-refractivity contribution in [3.05, 3.63) is 83.3 Å². The molecule has 0 aliphatic carbocycles. The van der Waals surface area contributed by atoms with Gasteiger partial charge in [0.2, 0.25) is 0 Å². The summed E-state index contributed by atoms with van der Waals surface area (Å²) in [7, 11) is 1.37. The maximum Gasteiger partial charge on any atom is 0.310 e. The number of carbonyl (C=O) groups is 2. The number of hydrogen-bond donors (Lipinski definition) is 0. The molecule has 4 nitrogen and oxygen atoms in total. The molecule has 3 rings (SSSR count). The summed E-state index contributed by atoms with van der Waals surface area (Å²) in [6.45, 7) is 1.11. The zero-order valence-electron chi connectivity index (χ0n) is 14.5. The third kappa shape index (κ3) is 4.17. The third-order valence-corrected chi connectivity index (χ3v) is 4.48. The molecule has 0 spiro atoms. The van der Waals surface area contributed by atoms with E-state index in [1.54, 1.807) is 6.08 Å². The molecule has 0 saturated carbocycles. The van der Waals surface area contributed by atoms with Crippen LogP contribution in [0.2, 0.25) is 0 Å². The number of carbonyl (C=O) groups excluding carboxylic acids is 2. The molecule has 1 saturated heterocycles. The number of halogens is 1. The number of allylic oxidation sites excluding steroid dienone is 2. The number of likely N-dealkylation sites (tertiary alicyclic amines) is 1. The second-order valence-corrected chi connectivity index (χ2v) is 6.30. The first kappa shape index (κ1) is 17.9. The first-order valence-electron chi connectivity index (χ1n) is 8.44. The van der Waals surface area contributed by atoms with E-state index in [4.69, 9.17) is 4.74 Å². The van der Waals surface area contributed by atoms with E-state index >= 15 is 0 Å². The fraction of sp³-hybridized carbons (Fsp3) is 0.238. The smallest absolute Gasteiger partial charge is 0.310 e. The van der Waals surface area contributed by atoms with Crippen LogP contribution in [0.25, 0.3) is 0 Å². The Labute approximate surface area is 151 Å². The molecule has 1 fully saturated rings. The van der Waals surface area contributed by atoms with Gasteiger partial charge in [-0.1, -0.05) is 30.3 Å². The first-order valence-corrected chi connectivity index (χ1v) is 8.44. The summed E-state index contributed by atoms with van der Waals surface area (Å²) >= 11 is 0. The number of methoxy groups -OCH3 is 1. The minimum Gasteiger partial charge on any atom is -0.469 e. The summed E-state index contributed by atoms with van der Waals surface area (Å²) in [5, 5.41) is 0. The van der Waals surface area contributed by atoms with Crippen molar-refractivity contribution in [3.8, 4) is 0 Å². The number of rotatable bonds is 5. The van der Waals surface area contributed by atoms with Gasteiger partial charge >= 0.3 is 5.97 Å². The molecule has 0 aromatic heterocycles. The lowest BCUT2D eigenvalue weighted by atomic mass is 10.1. The van der Waals surface area contributed by atoms with Gasteiger partial charge in [0.15, 0.2) is 5.78 Å². The van der Waals surface area contributed by atoms with Crippen molar-refractivity contribution in [1.82, 2.24) is 4.90 Å². The molecule has 26 heavy (non-hydrogen) atoms. The zero-order valence-corrected chi connectivity index (χ0v) is 14.5. The minimum absolute atomic E-state index is 0.205. The molecule has 1 aliphatic rings. The van der Waals surface area contributed by atoms with Crippen LogP contribution < -0.4 is 0 Å². The van der Waals surface area contributed by atoms with Gasteiger partial charge in [0.25, 0.3) is 0 Å². The van der Waals surface area contributed by atoms with Crippen LogP contribution in [0.4, 0.5) is 4.39 Å². The zero-order chi connectivity index (χ0) is 18.5. The monoisotopic (exact) mass is 353 g/mol. The van der Waals surface area contributed by atoms with Gasteiger partial charge in [-0.15, -0.1) is 0 Å². The summed E-state index contributed by atoms with van der Waals surface area (Å²) in [4.78, 5) is 26.5. The minimum atomic E-state index is -0.383. The summed E-state index contributed by atoms with van der Waals surface area (Å²) in [5.74, 6) is -1.16. The summed E-state index contributed by atoms with van der Waals surface area (Å²) in [6.07, 6.45) is 1.99. The third-order valence-electron chi connectivity index (χ3n) is 4.48. The van der Waals surface area contributed by atoms with E-state index in [2.05, 4.69) is 0 Å². The highest BCUT2D eigenvalue weighted by molar-refractivity contribution is 6.04. The van der Waals surface area contributed by atoms with Gasteiger partial charge in [0, 0.05) is 36.8 Å². The Bertz CT molecular complexity index is 815. The van der Waals surface area contributed by atoms with Crippen molar-refractivity contribution >= 4 is 11.8 Å². The number of esters is 1. The van der Waals surface area contributed by atoms with Gasteiger partial charge in [-0.2, -0.15) is 0 Å². The lowest BCUT2D eigenvalue weighted by Gasteiger charge is -2.20. The highest BCUT2D eigenvalue weighted by Gasteiger charge is 2.32. The number of ether oxygens (including phenoxy) is 1. The van der Waals surface area contributed by atoms with Crippen LogP contribution in [0, 0.1) is 11.7 Å². The van der Waals surface area contributed by atoms with Crippen LogP contribution in [0.15, 0.2) is 66.4 Å². The Balaban J connectivity index is 1.83. The van der Waals surface area contributed by atoms with Crippen molar-refractivity contribution in [2.45, 2.75) is 13.0 Å². The van der Waals surface area contributed by atoms with E-state index in [9.17, 15) is 14.0 Å². The molecular formula is C21H20FNO3. The van der Waals surface area contributed by atoms with Gasteiger partial charge in [0.1, 0.15) is 5.82 Å². The van der Waals surface area contributed by atoms with Gasteiger partial charge in [-0.3, -0.25) is 9.59 Å². The molecular weight excluding hydrogens is 333 g/mol.